The third-order valence-electron chi connectivity index (χ3n) is 2.99. The first kappa shape index (κ1) is 16.4. The van der Waals surface area contributed by atoms with E-state index in [1.54, 1.807) is 6.08 Å². The van der Waals surface area contributed by atoms with Gasteiger partial charge >= 0.3 is 0 Å². The maximum Gasteiger partial charge on any atom is 0.119 e. The molecular weight excluding hydrogens is 283 g/mol. The van der Waals surface area contributed by atoms with Crippen LogP contribution in [-0.2, 0) is 4.74 Å². The van der Waals surface area contributed by atoms with E-state index >= 15 is 0 Å². The van der Waals surface area contributed by atoms with Gasteiger partial charge in [-0.3, -0.25) is 0 Å². The molecule has 0 saturated heterocycles. The van der Waals surface area contributed by atoms with E-state index in [-0.39, 0.29) is 9.91 Å². The van der Waals surface area contributed by atoms with Gasteiger partial charge in [-0.2, -0.15) is 0 Å². The van der Waals surface area contributed by atoms with Crippen molar-refractivity contribution < 1.29 is 9.47 Å². The van der Waals surface area contributed by atoms with Gasteiger partial charge < -0.3 is 9.47 Å². The molecule has 106 valence electrons. The van der Waals surface area contributed by atoms with Crippen molar-refractivity contribution in [2.75, 3.05) is 19.8 Å². The van der Waals surface area contributed by atoms with Gasteiger partial charge in [-0.05, 0) is 24.6 Å². The minimum Gasteiger partial charge on any atom is -0.493 e. The Kier molecular flexibility index (Phi) is 7.29. The summed E-state index contributed by atoms with van der Waals surface area (Å²) in [6.07, 6.45) is 2.61. The van der Waals surface area contributed by atoms with Crippen LogP contribution in [0.25, 0.3) is 0 Å². The first-order chi connectivity index (χ1) is 9.06. The van der Waals surface area contributed by atoms with Gasteiger partial charge in [-0.25, -0.2) is 0 Å². The van der Waals surface area contributed by atoms with Crippen molar-refractivity contribution in [3.63, 3.8) is 0 Å². The molecule has 0 aliphatic carbocycles. The summed E-state index contributed by atoms with van der Waals surface area (Å²) in [5, 5.41) is 0. The van der Waals surface area contributed by atoms with Crippen molar-refractivity contribution >= 4 is 23.2 Å². The van der Waals surface area contributed by atoms with Crippen LogP contribution in [-0.4, -0.2) is 19.8 Å². The van der Waals surface area contributed by atoms with Crippen LogP contribution in [0.3, 0.4) is 0 Å². The molecule has 0 aliphatic heterocycles. The summed E-state index contributed by atoms with van der Waals surface area (Å²) in [6, 6.07) is 9.79. The fraction of sp³-hybridized carbons (Fsp3) is 0.467. The number of benzene rings is 1. The Morgan fingerprint density at radius 2 is 1.89 bits per heavy atom. The van der Waals surface area contributed by atoms with Gasteiger partial charge in [0.25, 0.3) is 0 Å². The van der Waals surface area contributed by atoms with E-state index in [2.05, 4.69) is 13.8 Å². The van der Waals surface area contributed by atoms with E-state index in [1.807, 2.05) is 30.3 Å². The van der Waals surface area contributed by atoms with Crippen molar-refractivity contribution in [3.05, 3.63) is 40.9 Å². The lowest BCUT2D eigenvalue weighted by Gasteiger charge is -2.27. The normalized spacial score (nSPS) is 13.7. The molecule has 1 atom stereocenters. The van der Waals surface area contributed by atoms with Crippen LogP contribution >= 0.6 is 23.2 Å². The first-order valence-corrected chi connectivity index (χ1v) is 7.08. The summed E-state index contributed by atoms with van der Waals surface area (Å²) < 4.78 is 11.6. The molecule has 4 heteroatoms. The lowest BCUT2D eigenvalue weighted by molar-refractivity contribution is 0.0337. The summed E-state index contributed by atoms with van der Waals surface area (Å²) in [5.41, 5.74) is -0.0253. The van der Waals surface area contributed by atoms with Crippen LogP contribution in [0.1, 0.15) is 20.3 Å². The number of para-hydroxylation sites is 1. The molecule has 0 spiro atoms. The second-order valence-corrected chi connectivity index (χ2v) is 5.78. The van der Waals surface area contributed by atoms with Crippen molar-refractivity contribution in [1.29, 1.82) is 0 Å². The van der Waals surface area contributed by atoms with E-state index in [0.717, 1.165) is 12.2 Å². The zero-order valence-electron chi connectivity index (χ0n) is 11.4. The Balaban J connectivity index is 2.39. The molecule has 0 aromatic heterocycles. The average molecular weight is 303 g/mol. The SMILES string of the molecule is CCC(C)(COCC=C(Cl)Cl)COc1ccccc1. The summed E-state index contributed by atoms with van der Waals surface area (Å²) in [5.74, 6) is 0.880. The molecule has 0 aliphatic rings. The molecule has 1 rings (SSSR count). The van der Waals surface area contributed by atoms with Crippen molar-refractivity contribution in [2.45, 2.75) is 20.3 Å². The molecule has 0 saturated carbocycles. The van der Waals surface area contributed by atoms with Crippen LogP contribution in [0, 0.1) is 5.41 Å². The second-order valence-electron chi connectivity index (χ2n) is 4.77. The highest BCUT2D eigenvalue weighted by atomic mass is 35.5. The molecule has 0 heterocycles. The third kappa shape index (κ3) is 6.86. The lowest BCUT2D eigenvalue weighted by Crippen LogP contribution is -2.30. The Bertz CT molecular complexity index is 388. The molecule has 0 fully saturated rings. The molecule has 19 heavy (non-hydrogen) atoms. The lowest BCUT2D eigenvalue weighted by atomic mass is 9.90. The zero-order chi connectivity index (χ0) is 14.1. The Morgan fingerprint density at radius 3 is 2.47 bits per heavy atom. The van der Waals surface area contributed by atoms with Crippen molar-refractivity contribution in [3.8, 4) is 5.75 Å². The Morgan fingerprint density at radius 1 is 1.21 bits per heavy atom. The summed E-state index contributed by atoms with van der Waals surface area (Å²) in [4.78, 5) is 0. The summed E-state index contributed by atoms with van der Waals surface area (Å²) in [6.45, 7) is 5.91. The molecule has 0 bridgehead atoms. The largest absolute Gasteiger partial charge is 0.493 e. The first-order valence-electron chi connectivity index (χ1n) is 6.32. The minimum absolute atomic E-state index is 0.0253. The molecular formula is C15H20Cl2O2. The topological polar surface area (TPSA) is 18.5 Å². The van der Waals surface area contributed by atoms with E-state index in [4.69, 9.17) is 32.7 Å². The number of hydrogen-bond acceptors (Lipinski definition) is 2. The maximum absolute atomic E-state index is 5.79. The molecule has 2 nitrogen and oxygen atoms in total. The van der Waals surface area contributed by atoms with Crippen LogP contribution in [0.4, 0.5) is 0 Å². The van der Waals surface area contributed by atoms with Gasteiger partial charge in [-0.1, -0.05) is 55.2 Å². The highest BCUT2D eigenvalue weighted by molar-refractivity contribution is 6.55. The molecule has 0 N–H and O–H groups in total. The molecule has 1 aromatic rings. The van der Waals surface area contributed by atoms with Gasteiger partial charge in [0.2, 0.25) is 0 Å². The van der Waals surface area contributed by atoms with E-state index in [9.17, 15) is 0 Å². The maximum atomic E-state index is 5.79. The number of ether oxygens (including phenoxy) is 2. The Hall–Kier alpha value is -0.700. The summed E-state index contributed by atoms with van der Waals surface area (Å²) >= 11 is 11.0. The molecule has 0 radical (unpaired) electrons. The predicted octanol–water partition coefficient (Wildman–Crippen LogP) is 4.82. The fourth-order valence-corrected chi connectivity index (χ4v) is 1.57. The van der Waals surface area contributed by atoms with Gasteiger partial charge in [0.05, 0.1) is 19.8 Å². The predicted molar refractivity (Wildman–Crippen MR) is 80.9 cm³/mol. The quantitative estimate of drug-likeness (QED) is 0.641. The van der Waals surface area contributed by atoms with Crippen LogP contribution in [0.5, 0.6) is 5.75 Å². The van der Waals surface area contributed by atoms with Crippen molar-refractivity contribution in [1.82, 2.24) is 0 Å². The molecule has 0 amide bonds. The number of halogens is 2. The second kappa shape index (κ2) is 8.47. The van der Waals surface area contributed by atoms with Gasteiger partial charge in [0, 0.05) is 5.41 Å². The highest BCUT2D eigenvalue weighted by Crippen LogP contribution is 2.23. The minimum atomic E-state index is -0.0253. The zero-order valence-corrected chi connectivity index (χ0v) is 12.9. The fourth-order valence-electron chi connectivity index (χ4n) is 1.45. The number of hydrogen-bond donors (Lipinski definition) is 0. The van der Waals surface area contributed by atoms with E-state index < -0.39 is 0 Å². The van der Waals surface area contributed by atoms with Crippen molar-refractivity contribution in [2.24, 2.45) is 5.41 Å². The van der Waals surface area contributed by atoms with Gasteiger partial charge in [-0.15, -0.1) is 0 Å². The smallest absolute Gasteiger partial charge is 0.119 e. The van der Waals surface area contributed by atoms with Crippen LogP contribution in [0.2, 0.25) is 0 Å². The molecule has 1 unspecified atom stereocenters. The van der Waals surface area contributed by atoms with E-state index in [0.29, 0.717) is 19.8 Å². The number of rotatable bonds is 8. The molecule has 1 aromatic carbocycles. The third-order valence-corrected chi connectivity index (χ3v) is 3.30. The van der Waals surface area contributed by atoms with Gasteiger partial charge in [0.1, 0.15) is 10.2 Å². The van der Waals surface area contributed by atoms with Gasteiger partial charge in [0.15, 0.2) is 0 Å². The monoisotopic (exact) mass is 302 g/mol. The van der Waals surface area contributed by atoms with E-state index in [1.165, 1.54) is 0 Å². The summed E-state index contributed by atoms with van der Waals surface area (Å²) in [7, 11) is 0. The van der Waals surface area contributed by atoms with Crippen LogP contribution in [0.15, 0.2) is 40.9 Å². The van der Waals surface area contributed by atoms with Crippen LogP contribution < -0.4 is 4.74 Å². The standard InChI is InChI=1S/C15H20Cl2O2/c1-3-15(2,11-18-10-9-14(16)17)12-19-13-7-5-4-6-8-13/h4-9H,3,10-12H2,1-2H3. The highest BCUT2D eigenvalue weighted by Gasteiger charge is 2.23. The average Bonchev–Trinajstić information content (AvgIpc) is 2.42. The Labute approximate surface area is 125 Å².